The predicted octanol–water partition coefficient (Wildman–Crippen LogP) is 3.44. The lowest BCUT2D eigenvalue weighted by Crippen LogP contribution is -2.32. The molecule has 1 N–H and O–H groups in total. The smallest absolute Gasteiger partial charge is 0.432 e. The zero-order chi connectivity index (χ0) is 19.9. The normalized spacial score (nSPS) is 15.3. The minimum atomic E-state index is -4.58. The van der Waals surface area contributed by atoms with Gasteiger partial charge in [-0.25, -0.2) is 8.42 Å². The maximum atomic E-state index is 13.0. The molecule has 3 heterocycles. The molecule has 0 aromatic carbocycles. The molecule has 1 aliphatic carbocycles. The van der Waals surface area contributed by atoms with Gasteiger partial charge < -0.3 is 4.42 Å². The molecule has 0 radical (unpaired) electrons. The maximum absolute atomic E-state index is 13.0. The molecular formula is C17H15F3N4O3S. The maximum Gasteiger partial charge on any atom is 0.432 e. The summed E-state index contributed by atoms with van der Waals surface area (Å²) in [6.07, 6.45) is 0.0557. The number of alkyl halides is 3. The Labute approximate surface area is 158 Å². The van der Waals surface area contributed by atoms with Crippen molar-refractivity contribution >= 4 is 10.0 Å². The van der Waals surface area contributed by atoms with Gasteiger partial charge >= 0.3 is 6.18 Å². The van der Waals surface area contributed by atoms with Gasteiger partial charge in [0.2, 0.25) is 5.09 Å². The van der Waals surface area contributed by atoms with Crippen LogP contribution in [0.15, 0.2) is 52.2 Å². The average molecular weight is 412 g/mol. The lowest BCUT2D eigenvalue weighted by Gasteiger charge is -2.20. The van der Waals surface area contributed by atoms with Gasteiger partial charge in [-0.15, -0.1) is 0 Å². The Morgan fingerprint density at radius 3 is 2.50 bits per heavy atom. The monoisotopic (exact) mass is 412 g/mol. The van der Waals surface area contributed by atoms with E-state index >= 15 is 0 Å². The minimum absolute atomic E-state index is 0.0648. The molecule has 1 fully saturated rings. The fourth-order valence-corrected chi connectivity index (χ4v) is 4.33. The van der Waals surface area contributed by atoms with Crippen LogP contribution in [0.2, 0.25) is 0 Å². The summed E-state index contributed by atoms with van der Waals surface area (Å²) in [4.78, 5) is 3.91. The van der Waals surface area contributed by atoms with Crippen LogP contribution in [0.1, 0.15) is 24.1 Å². The van der Waals surface area contributed by atoms with E-state index in [2.05, 4.69) is 10.1 Å². The van der Waals surface area contributed by atoms with Gasteiger partial charge in [0.25, 0.3) is 10.0 Å². The van der Waals surface area contributed by atoms with Crippen molar-refractivity contribution in [1.29, 1.82) is 0 Å². The average Bonchev–Trinajstić information content (AvgIpc) is 3.14. The van der Waals surface area contributed by atoms with E-state index in [4.69, 9.17) is 4.42 Å². The number of furan rings is 1. The van der Waals surface area contributed by atoms with E-state index in [0.29, 0.717) is 0 Å². The van der Waals surface area contributed by atoms with Crippen LogP contribution in [-0.4, -0.2) is 33.9 Å². The highest BCUT2D eigenvalue weighted by Gasteiger charge is 2.40. The predicted molar refractivity (Wildman–Crippen MR) is 91.3 cm³/mol. The molecule has 1 aliphatic rings. The number of hydrogen-bond donors (Lipinski definition) is 1. The summed E-state index contributed by atoms with van der Waals surface area (Å²) >= 11 is 0. The van der Waals surface area contributed by atoms with Gasteiger partial charge in [0.05, 0.1) is 0 Å². The number of aromatic amines is 1. The van der Waals surface area contributed by atoms with Crippen LogP contribution in [0.25, 0.3) is 11.5 Å². The van der Waals surface area contributed by atoms with Gasteiger partial charge in [0.1, 0.15) is 11.4 Å². The molecule has 4 rings (SSSR count). The molecule has 0 saturated heterocycles. The summed E-state index contributed by atoms with van der Waals surface area (Å²) in [6, 6.07) is 6.61. The zero-order valence-electron chi connectivity index (χ0n) is 14.3. The molecular weight excluding hydrogens is 397 g/mol. The topological polar surface area (TPSA) is 92.1 Å². The van der Waals surface area contributed by atoms with Crippen molar-refractivity contribution in [3.63, 3.8) is 0 Å². The van der Waals surface area contributed by atoms with Gasteiger partial charge in [-0.2, -0.15) is 22.6 Å². The van der Waals surface area contributed by atoms with Crippen LogP contribution in [0.4, 0.5) is 13.2 Å². The minimum Gasteiger partial charge on any atom is -0.442 e. The van der Waals surface area contributed by atoms with Crippen molar-refractivity contribution in [2.24, 2.45) is 0 Å². The summed E-state index contributed by atoms with van der Waals surface area (Å²) in [5, 5.41) is 5.10. The van der Waals surface area contributed by atoms with Crippen molar-refractivity contribution < 1.29 is 26.0 Å². The number of pyridine rings is 1. The molecule has 3 aromatic rings. The number of nitrogens with one attached hydrogen (secondary N) is 1. The molecule has 0 aliphatic heterocycles. The van der Waals surface area contributed by atoms with Crippen LogP contribution in [0, 0.1) is 0 Å². The Balaban J connectivity index is 1.61. The summed E-state index contributed by atoms with van der Waals surface area (Å²) in [5.74, 6) is -0.0648. The Morgan fingerprint density at radius 1 is 1.18 bits per heavy atom. The number of sulfonamides is 1. The number of rotatable bonds is 6. The molecule has 3 aromatic heterocycles. The number of halogens is 3. The van der Waals surface area contributed by atoms with E-state index in [1.165, 1.54) is 16.4 Å². The number of H-pyrrole nitrogens is 1. The molecule has 0 amide bonds. The van der Waals surface area contributed by atoms with Crippen molar-refractivity contribution in [3.05, 3.63) is 54.0 Å². The van der Waals surface area contributed by atoms with Crippen LogP contribution in [0.5, 0.6) is 0 Å². The molecule has 1 saturated carbocycles. The lowest BCUT2D eigenvalue weighted by atomic mass is 10.3. The molecule has 11 heteroatoms. The first kappa shape index (κ1) is 18.7. The first-order valence-electron chi connectivity index (χ1n) is 8.39. The van der Waals surface area contributed by atoms with Crippen molar-refractivity contribution in [1.82, 2.24) is 19.5 Å². The third kappa shape index (κ3) is 3.67. The molecule has 0 atom stereocenters. The third-order valence-corrected chi connectivity index (χ3v) is 6.09. The Morgan fingerprint density at radius 2 is 1.89 bits per heavy atom. The largest absolute Gasteiger partial charge is 0.442 e. The Bertz CT molecular complexity index is 1070. The van der Waals surface area contributed by atoms with Gasteiger partial charge in [0, 0.05) is 25.0 Å². The molecule has 28 heavy (non-hydrogen) atoms. The summed E-state index contributed by atoms with van der Waals surface area (Å²) in [5.41, 5.74) is -0.388. The van der Waals surface area contributed by atoms with Crippen LogP contribution >= 0.6 is 0 Å². The van der Waals surface area contributed by atoms with Gasteiger partial charge in [-0.05, 0) is 48.7 Å². The van der Waals surface area contributed by atoms with Gasteiger partial charge in [-0.1, -0.05) is 0 Å². The lowest BCUT2D eigenvalue weighted by molar-refractivity contribution is -0.141. The van der Waals surface area contributed by atoms with Crippen LogP contribution in [-0.2, 0) is 22.7 Å². The quantitative estimate of drug-likeness (QED) is 0.670. The Hall–Kier alpha value is -2.66. The second-order valence-corrected chi connectivity index (χ2v) is 8.24. The SMILES string of the molecule is O=S(=O)(c1ccc(-c2cc(C(F)(F)F)[nH]n2)o1)N(Cc1ccncc1)C1CC1. The first-order valence-corrected chi connectivity index (χ1v) is 9.83. The molecule has 7 nitrogen and oxygen atoms in total. The van der Waals surface area contributed by atoms with E-state index < -0.39 is 21.9 Å². The summed E-state index contributed by atoms with van der Waals surface area (Å²) in [6.45, 7) is 0.159. The number of hydrogen-bond acceptors (Lipinski definition) is 5. The standard InChI is InChI=1S/C17H15F3N4O3S/c18-17(19,20)15-9-13(22-23-15)14-3-4-16(27-14)28(25,26)24(12-1-2-12)10-11-5-7-21-8-6-11/h3-9,12H,1-2,10H2,(H,22,23). The van der Waals surface area contributed by atoms with E-state index in [0.717, 1.165) is 24.5 Å². The second-order valence-electron chi connectivity index (χ2n) is 6.42. The summed E-state index contributed by atoms with van der Waals surface area (Å²) < 4.78 is 70.9. The fraction of sp³-hybridized carbons (Fsp3) is 0.294. The molecule has 0 unspecified atom stereocenters. The molecule has 148 valence electrons. The van der Waals surface area contributed by atoms with E-state index in [9.17, 15) is 21.6 Å². The fourth-order valence-electron chi connectivity index (χ4n) is 2.75. The zero-order valence-corrected chi connectivity index (χ0v) is 15.2. The van der Waals surface area contributed by atoms with Crippen LogP contribution < -0.4 is 0 Å². The van der Waals surface area contributed by atoms with Crippen molar-refractivity contribution in [2.75, 3.05) is 0 Å². The molecule has 0 spiro atoms. The summed E-state index contributed by atoms with van der Waals surface area (Å²) in [7, 11) is -3.96. The molecule has 0 bridgehead atoms. The highest BCUT2D eigenvalue weighted by molar-refractivity contribution is 7.89. The van der Waals surface area contributed by atoms with Crippen molar-refractivity contribution in [3.8, 4) is 11.5 Å². The van der Waals surface area contributed by atoms with E-state index in [1.807, 2.05) is 5.10 Å². The van der Waals surface area contributed by atoms with Gasteiger partial charge in [0.15, 0.2) is 5.76 Å². The van der Waals surface area contributed by atoms with Crippen molar-refractivity contribution in [2.45, 2.75) is 36.7 Å². The first-order chi connectivity index (χ1) is 13.2. The number of nitrogens with zero attached hydrogens (tertiary/aromatic N) is 3. The second kappa shape index (κ2) is 6.74. The third-order valence-electron chi connectivity index (χ3n) is 4.32. The van der Waals surface area contributed by atoms with Gasteiger partial charge in [-0.3, -0.25) is 10.1 Å². The van der Waals surface area contributed by atoms with Crippen LogP contribution in [0.3, 0.4) is 0 Å². The van der Waals surface area contributed by atoms with E-state index in [-0.39, 0.29) is 29.1 Å². The number of aromatic nitrogens is 3. The highest BCUT2D eigenvalue weighted by atomic mass is 32.2. The van der Waals surface area contributed by atoms with E-state index in [1.54, 1.807) is 24.5 Å². The Kier molecular flexibility index (Phi) is 4.50. The highest BCUT2D eigenvalue weighted by Crippen LogP contribution is 2.36.